The number of hydrogen-bond donors (Lipinski definition) is 1. The molecule has 2 fully saturated rings. The van der Waals surface area contributed by atoms with E-state index < -0.39 is 0 Å². The van der Waals surface area contributed by atoms with E-state index in [4.69, 9.17) is 4.98 Å². The Balaban J connectivity index is 1.34. The van der Waals surface area contributed by atoms with Gasteiger partial charge in [-0.25, -0.2) is 4.98 Å². The van der Waals surface area contributed by atoms with Gasteiger partial charge in [-0.05, 0) is 62.9 Å². The van der Waals surface area contributed by atoms with Crippen molar-refractivity contribution in [3.63, 3.8) is 0 Å². The number of anilines is 1. The molecule has 3 aliphatic heterocycles. The minimum Gasteiger partial charge on any atom is -0.333 e. The molecule has 1 aromatic carbocycles. The summed E-state index contributed by atoms with van der Waals surface area (Å²) >= 11 is 0. The second kappa shape index (κ2) is 8.26. The van der Waals surface area contributed by atoms with Crippen LogP contribution in [0.4, 0.5) is 5.69 Å². The normalized spacial score (nSPS) is 24.4. The second-order valence-corrected chi connectivity index (χ2v) is 9.74. The van der Waals surface area contributed by atoms with E-state index in [1.807, 2.05) is 41.5 Å². The Bertz CT molecular complexity index is 995. The summed E-state index contributed by atoms with van der Waals surface area (Å²) in [5.41, 5.74) is 2.55. The fraction of sp³-hybridized carbons (Fsp3) is 0.625. The summed E-state index contributed by atoms with van der Waals surface area (Å²) in [7, 11) is 0. The van der Waals surface area contributed by atoms with Crippen molar-refractivity contribution in [3.8, 4) is 0 Å². The molecule has 0 unspecified atom stereocenters. The Morgan fingerprint density at radius 3 is 2.84 bits per heavy atom. The maximum atomic E-state index is 13.0. The third-order valence-corrected chi connectivity index (χ3v) is 7.28. The minimum absolute atomic E-state index is 0.00564. The van der Waals surface area contributed by atoms with Gasteiger partial charge in [-0.15, -0.1) is 0 Å². The molecule has 166 valence electrons. The molecule has 0 spiro atoms. The van der Waals surface area contributed by atoms with Gasteiger partial charge in [-0.1, -0.05) is 20.3 Å². The average Bonchev–Trinajstić information content (AvgIpc) is 3.10. The molecule has 31 heavy (non-hydrogen) atoms. The molecular weight excluding hydrogens is 390 g/mol. The number of amides is 2. The molecule has 0 aliphatic carbocycles. The number of fused-ring (bicyclic) bond motifs is 4. The molecule has 7 heteroatoms. The van der Waals surface area contributed by atoms with Crippen LogP contribution in [0.2, 0.25) is 0 Å². The smallest absolute Gasteiger partial charge is 0.242 e. The van der Waals surface area contributed by atoms with Crippen molar-refractivity contribution < 1.29 is 9.59 Å². The number of hydrogen-bond acceptors (Lipinski definition) is 4. The number of rotatable bonds is 4. The molecule has 0 radical (unpaired) electrons. The lowest BCUT2D eigenvalue weighted by Crippen LogP contribution is -2.52. The summed E-state index contributed by atoms with van der Waals surface area (Å²) in [5.74, 6) is 1.63. The van der Waals surface area contributed by atoms with Crippen LogP contribution in [0.1, 0.15) is 51.8 Å². The number of carbonyl (C=O) groups is 2. The van der Waals surface area contributed by atoms with Gasteiger partial charge in [0.2, 0.25) is 11.8 Å². The van der Waals surface area contributed by atoms with Gasteiger partial charge in [-0.2, -0.15) is 0 Å². The maximum absolute atomic E-state index is 13.0. The fourth-order valence-electron chi connectivity index (χ4n) is 5.57. The summed E-state index contributed by atoms with van der Waals surface area (Å²) in [6.45, 7) is 7.97. The Kier molecular flexibility index (Phi) is 5.46. The van der Waals surface area contributed by atoms with Gasteiger partial charge in [0.25, 0.3) is 0 Å². The first-order valence-corrected chi connectivity index (χ1v) is 11.8. The summed E-state index contributed by atoms with van der Waals surface area (Å²) < 4.78 is 2.04. The molecule has 2 aromatic rings. The number of carbonyl (C=O) groups excluding carboxylic acids is 2. The number of benzene rings is 1. The first kappa shape index (κ1) is 20.5. The van der Waals surface area contributed by atoms with E-state index in [0.29, 0.717) is 25.0 Å². The van der Waals surface area contributed by atoms with Crippen LogP contribution >= 0.6 is 0 Å². The Morgan fingerprint density at radius 2 is 2.00 bits per heavy atom. The standard InChI is InChI=1S/C24H33N5O2/c1-16(2)24(31)25-18-8-9-21-19(12-18)26-22-14-28(23(30)15-29(21)22)13-17-6-5-11-27-10-4-3-7-20(17)27/h8-9,12,16-17,20H,3-7,10-11,13-15H2,1-2H3,(H,25,31)/t17-,20-/m1/s1. The average molecular weight is 424 g/mol. The summed E-state index contributed by atoms with van der Waals surface area (Å²) in [5, 5.41) is 2.94. The van der Waals surface area contributed by atoms with Gasteiger partial charge in [0.15, 0.2) is 0 Å². The van der Waals surface area contributed by atoms with Crippen LogP contribution < -0.4 is 5.32 Å². The molecule has 2 saturated heterocycles. The Morgan fingerprint density at radius 1 is 1.16 bits per heavy atom. The van der Waals surface area contributed by atoms with Gasteiger partial charge in [0.1, 0.15) is 12.4 Å². The molecule has 1 N–H and O–H groups in total. The van der Waals surface area contributed by atoms with Crippen LogP contribution in [0, 0.1) is 11.8 Å². The van der Waals surface area contributed by atoms with E-state index in [-0.39, 0.29) is 17.7 Å². The number of aromatic nitrogens is 2. The highest BCUT2D eigenvalue weighted by Gasteiger charge is 2.36. The van der Waals surface area contributed by atoms with Gasteiger partial charge in [-0.3, -0.25) is 9.59 Å². The largest absolute Gasteiger partial charge is 0.333 e. The van der Waals surface area contributed by atoms with E-state index in [1.54, 1.807) is 0 Å². The fourth-order valence-corrected chi connectivity index (χ4v) is 5.57. The molecule has 7 nitrogen and oxygen atoms in total. The SMILES string of the molecule is CC(C)C(=O)Nc1ccc2c(c1)nc1n2CC(=O)N(C[C@H]2CCCN3CCCC[C@H]23)C1. The van der Waals surface area contributed by atoms with Crippen LogP contribution in [-0.4, -0.2) is 56.8 Å². The van der Waals surface area contributed by atoms with Crippen molar-refractivity contribution >= 4 is 28.5 Å². The molecule has 5 rings (SSSR count). The number of nitrogens with zero attached hydrogens (tertiary/aromatic N) is 4. The molecule has 1 aromatic heterocycles. The Hall–Kier alpha value is -2.41. The zero-order chi connectivity index (χ0) is 21.5. The first-order valence-electron chi connectivity index (χ1n) is 11.8. The van der Waals surface area contributed by atoms with E-state index in [9.17, 15) is 9.59 Å². The summed E-state index contributed by atoms with van der Waals surface area (Å²) in [6, 6.07) is 6.42. The molecule has 2 amide bonds. The number of piperidine rings is 2. The van der Waals surface area contributed by atoms with Crippen LogP contribution in [0.15, 0.2) is 18.2 Å². The Labute approximate surface area is 183 Å². The highest BCUT2D eigenvalue weighted by molar-refractivity contribution is 5.94. The highest BCUT2D eigenvalue weighted by Crippen LogP contribution is 2.32. The van der Waals surface area contributed by atoms with Crippen molar-refractivity contribution in [2.45, 2.75) is 65.1 Å². The number of imidazole rings is 1. The van der Waals surface area contributed by atoms with Crippen molar-refractivity contribution in [3.05, 3.63) is 24.0 Å². The van der Waals surface area contributed by atoms with Gasteiger partial charge < -0.3 is 19.7 Å². The molecule has 4 heterocycles. The summed E-state index contributed by atoms with van der Waals surface area (Å²) in [6.07, 6.45) is 6.37. The predicted molar refractivity (Wildman–Crippen MR) is 121 cm³/mol. The molecular formula is C24H33N5O2. The van der Waals surface area contributed by atoms with Gasteiger partial charge in [0, 0.05) is 24.2 Å². The zero-order valence-corrected chi connectivity index (χ0v) is 18.6. The lowest BCUT2D eigenvalue weighted by Gasteiger charge is -2.46. The lowest BCUT2D eigenvalue weighted by molar-refractivity contribution is -0.135. The van der Waals surface area contributed by atoms with Crippen molar-refractivity contribution in [2.24, 2.45) is 11.8 Å². The molecule has 0 bridgehead atoms. The van der Waals surface area contributed by atoms with Gasteiger partial charge >= 0.3 is 0 Å². The van der Waals surface area contributed by atoms with E-state index >= 15 is 0 Å². The molecule has 0 saturated carbocycles. The van der Waals surface area contributed by atoms with Crippen molar-refractivity contribution in [1.82, 2.24) is 19.4 Å². The predicted octanol–water partition coefficient (Wildman–Crippen LogP) is 3.24. The van der Waals surface area contributed by atoms with E-state index in [2.05, 4.69) is 10.2 Å². The van der Waals surface area contributed by atoms with Crippen LogP contribution in [0.3, 0.4) is 0 Å². The monoisotopic (exact) mass is 423 g/mol. The quantitative estimate of drug-likeness (QED) is 0.820. The van der Waals surface area contributed by atoms with E-state index in [0.717, 1.165) is 29.1 Å². The molecule has 2 atom stereocenters. The topological polar surface area (TPSA) is 70.5 Å². The third kappa shape index (κ3) is 3.95. The van der Waals surface area contributed by atoms with Gasteiger partial charge in [0.05, 0.1) is 17.6 Å². The van der Waals surface area contributed by atoms with Crippen molar-refractivity contribution in [1.29, 1.82) is 0 Å². The summed E-state index contributed by atoms with van der Waals surface area (Å²) in [4.78, 5) is 34.6. The lowest BCUT2D eigenvalue weighted by atomic mass is 9.83. The van der Waals surface area contributed by atoms with Crippen LogP contribution in [0.25, 0.3) is 11.0 Å². The molecule has 3 aliphatic rings. The van der Waals surface area contributed by atoms with E-state index in [1.165, 1.54) is 45.2 Å². The van der Waals surface area contributed by atoms with Crippen LogP contribution in [-0.2, 0) is 22.7 Å². The maximum Gasteiger partial charge on any atom is 0.242 e. The third-order valence-electron chi connectivity index (χ3n) is 7.28. The first-order chi connectivity index (χ1) is 15.0. The minimum atomic E-state index is -0.0723. The van der Waals surface area contributed by atoms with Crippen LogP contribution in [0.5, 0.6) is 0 Å². The number of nitrogens with one attached hydrogen (secondary N) is 1. The van der Waals surface area contributed by atoms with Crippen molar-refractivity contribution in [2.75, 3.05) is 25.0 Å². The second-order valence-electron chi connectivity index (χ2n) is 9.74. The highest BCUT2D eigenvalue weighted by atomic mass is 16.2. The zero-order valence-electron chi connectivity index (χ0n) is 18.6.